The van der Waals surface area contributed by atoms with Crippen LogP contribution in [0, 0.1) is 5.82 Å². The Morgan fingerprint density at radius 3 is 2.71 bits per heavy atom. The summed E-state index contributed by atoms with van der Waals surface area (Å²) in [6, 6.07) is 4.40. The summed E-state index contributed by atoms with van der Waals surface area (Å²) in [5.41, 5.74) is 0.450. The van der Waals surface area contributed by atoms with Crippen molar-refractivity contribution in [3.05, 3.63) is 34.6 Å². The molecule has 0 unspecified atom stereocenters. The summed E-state index contributed by atoms with van der Waals surface area (Å²) in [6.07, 6.45) is 3.20. The topological polar surface area (TPSA) is 20.2 Å². The van der Waals surface area contributed by atoms with Crippen molar-refractivity contribution < 1.29 is 9.50 Å². The lowest BCUT2D eigenvalue weighted by molar-refractivity contribution is 0.140. The Balaban J connectivity index is 2.02. The predicted octanol–water partition coefficient (Wildman–Crippen LogP) is 2.94. The largest absolute Gasteiger partial charge is 0.390 e. The molecule has 1 N–H and O–H groups in total. The number of aliphatic hydroxyl groups is 1. The first-order chi connectivity index (χ1) is 6.59. The maximum absolute atomic E-state index is 12.7. The van der Waals surface area contributed by atoms with Crippen molar-refractivity contribution in [3.63, 3.8) is 0 Å². The van der Waals surface area contributed by atoms with Crippen molar-refractivity contribution in [2.75, 3.05) is 0 Å². The van der Waals surface area contributed by atoms with Gasteiger partial charge in [-0.2, -0.15) is 0 Å². The fraction of sp³-hybridized carbons (Fsp3) is 0.455. The zero-order valence-corrected chi connectivity index (χ0v) is 8.52. The predicted molar refractivity (Wildman–Crippen MR) is 53.9 cm³/mol. The lowest BCUT2D eigenvalue weighted by atomic mass is 10.1. The molecule has 1 aliphatic rings. The van der Waals surface area contributed by atoms with Crippen LogP contribution in [0.2, 0.25) is 5.02 Å². The van der Waals surface area contributed by atoms with Crippen LogP contribution in [0.1, 0.15) is 24.8 Å². The molecule has 0 amide bonds. The van der Waals surface area contributed by atoms with E-state index in [4.69, 9.17) is 11.6 Å². The van der Waals surface area contributed by atoms with Crippen molar-refractivity contribution in [2.24, 2.45) is 0 Å². The highest BCUT2D eigenvalue weighted by Crippen LogP contribution is 2.39. The highest BCUT2D eigenvalue weighted by atomic mass is 35.5. The van der Waals surface area contributed by atoms with Gasteiger partial charge in [0.15, 0.2) is 0 Å². The van der Waals surface area contributed by atoms with Gasteiger partial charge in [-0.05, 0) is 43.4 Å². The number of hydrogen-bond donors (Lipinski definition) is 1. The van der Waals surface area contributed by atoms with Crippen molar-refractivity contribution in [1.82, 2.24) is 0 Å². The smallest absolute Gasteiger partial charge is 0.124 e. The molecule has 1 aromatic rings. The first-order valence-corrected chi connectivity index (χ1v) is 5.13. The fourth-order valence-corrected chi connectivity index (χ4v) is 1.75. The average Bonchev–Trinajstić information content (AvgIpc) is 2.83. The molecular formula is C11H12ClFO. The molecule has 2 rings (SSSR count). The maximum atomic E-state index is 12.7. The van der Waals surface area contributed by atoms with Crippen molar-refractivity contribution in [3.8, 4) is 0 Å². The van der Waals surface area contributed by atoms with E-state index in [1.54, 1.807) is 6.07 Å². The summed E-state index contributed by atoms with van der Waals surface area (Å²) in [6.45, 7) is 0. The minimum atomic E-state index is -0.461. The number of aryl methyl sites for hydroxylation is 1. The third-order valence-corrected chi connectivity index (χ3v) is 3.05. The van der Waals surface area contributed by atoms with Gasteiger partial charge in [0.2, 0.25) is 0 Å². The molecule has 1 fully saturated rings. The van der Waals surface area contributed by atoms with Gasteiger partial charge in [-0.25, -0.2) is 4.39 Å². The van der Waals surface area contributed by atoms with Gasteiger partial charge in [-0.15, -0.1) is 0 Å². The van der Waals surface area contributed by atoms with Crippen molar-refractivity contribution in [1.29, 1.82) is 0 Å². The maximum Gasteiger partial charge on any atom is 0.124 e. The number of hydrogen-bond acceptors (Lipinski definition) is 1. The molecule has 1 aromatic carbocycles. The summed E-state index contributed by atoms with van der Waals surface area (Å²) in [4.78, 5) is 0. The van der Waals surface area contributed by atoms with Crippen LogP contribution in [0.4, 0.5) is 4.39 Å². The van der Waals surface area contributed by atoms with E-state index in [2.05, 4.69) is 0 Å². The highest BCUT2D eigenvalue weighted by molar-refractivity contribution is 6.31. The molecule has 0 atom stereocenters. The first kappa shape index (κ1) is 9.94. The molecule has 14 heavy (non-hydrogen) atoms. The molecule has 0 aromatic heterocycles. The average molecular weight is 215 g/mol. The number of halogens is 2. The van der Waals surface area contributed by atoms with E-state index < -0.39 is 5.60 Å². The third-order valence-electron chi connectivity index (χ3n) is 2.70. The second kappa shape index (κ2) is 3.52. The van der Waals surface area contributed by atoms with E-state index in [-0.39, 0.29) is 5.82 Å². The monoisotopic (exact) mass is 214 g/mol. The zero-order chi connectivity index (χ0) is 10.2. The molecule has 76 valence electrons. The second-order valence-electron chi connectivity index (χ2n) is 3.96. The van der Waals surface area contributed by atoms with Gasteiger partial charge in [0.05, 0.1) is 5.60 Å². The Labute approximate surface area is 87.5 Å². The quantitative estimate of drug-likeness (QED) is 0.820. The molecule has 0 heterocycles. The Hall–Kier alpha value is -0.600. The summed E-state index contributed by atoms with van der Waals surface area (Å²) < 4.78 is 12.7. The van der Waals surface area contributed by atoms with Crippen LogP contribution in [0.15, 0.2) is 18.2 Å². The molecule has 1 aliphatic carbocycles. The van der Waals surface area contributed by atoms with Gasteiger partial charge < -0.3 is 5.11 Å². The van der Waals surface area contributed by atoms with Gasteiger partial charge in [-0.3, -0.25) is 0 Å². The zero-order valence-electron chi connectivity index (χ0n) is 7.76. The lowest BCUT2D eigenvalue weighted by Gasteiger charge is -2.08. The fourth-order valence-electron chi connectivity index (χ4n) is 1.49. The summed E-state index contributed by atoms with van der Waals surface area (Å²) >= 11 is 5.86. The SMILES string of the molecule is OC1(CCc2ccc(F)cc2Cl)CC1. The van der Waals surface area contributed by atoms with Crippen molar-refractivity contribution in [2.45, 2.75) is 31.3 Å². The Morgan fingerprint density at radius 1 is 1.43 bits per heavy atom. The second-order valence-corrected chi connectivity index (χ2v) is 4.37. The molecule has 0 radical (unpaired) electrons. The standard InChI is InChI=1S/C11H12ClFO/c12-10-7-9(13)2-1-8(10)3-4-11(14)5-6-11/h1-2,7,14H,3-6H2. The van der Waals surface area contributed by atoms with E-state index in [0.717, 1.165) is 31.2 Å². The van der Waals surface area contributed by atoms with E-state index in [0.29, 0.717) is 5.02 Å². The molecular weight excluding hydrogens is 203 g/mol. The molecule has 1 saturated carbocycles. The Morgan fingerprint density at radius 2 is 2.14 bits per heavy atom. The molecule has 0 saturated heterocycles. The third kappa shape index (κ3) is 2.25. The van der Waals surface area contributed by atoms with Gasteiger partial charge in [-0.1, -0.05) is 17.7 Å². The Bertz CT molecular complexity index is 347. The summed E-state index contributed by atoms with van der Waals surface area (Å²) in [5, 5.41) is 10.1. The number of rotatable bonds is 3. The molecule has 1 nitrogen and oxygen atoms in total. The van der Waals surface area contributed by atoms with E-state index >= 15 is 0 Å². The summed E-state index contributed by atoms with van der Waals surface area (Å²) in [7, 11) is 0. The minimum Gasteiger partial charge on any atom is -0.390 e. The van der Waals surface area contributed by atoms with Crippen LogP contribution in [0.3, 0.4) is 0 Å². The van der Waals surface area contributed by atoms with Crippen LogP contribution in [0.5, 0.6) is 0 Å². The van der Waals surface area contributed by atoms with Gasteiger partial charge in [0, 0.05) is 5.02 Å². The van der Waals surface area contributed by atoms with E-state index in [1.807, 2.05) is 0 Å². The van der Waals surface area contributed by atoms with E-state index in [1.165, 1.54) is 12.1 Å². The minimum absolute atomic E-state index is 0.316. The van der Waals surface area contributed by atoms with Crippen LogP contribution in [-0.4, -0.2) is 10.7 Å². The van der Waals surface area contributed by atoms with Crippen molar-refractivity contribution >= 4 is 11.6 Å². The summed E-state index contributed by atoms with van der Waals surface area (Å²) in [5.74, 6) is -0.316. The van der Waals surface area contributed by atoms with Crippen LogP contribution < -0.4 is 0 Å². The van der Waals surface area contributed by atoms with Crippen LogP contribution >= 0.6 is 11.6 Å². The highest BCUT2D eigenvalue weighted by Gasteiger charge is 2.39. The van der Waals surface area contributed by atoms with Gasteiger partial charge in [0.1, 0.15) is 5.82 Å². The van der Waals surface area contributed by atoms with Gasteiger partial charge in [0.25, 0.3) is 0 Å². The lowest BCUT2D eigenvalue weighted by Crippen LogP contribution is -2.07. The molecule has 0 spiro atoms. The normalized spacial score (nSPS) is 18.2. The number of benzene rings is 1. The van der Waals surface area contributed by atoms with Gasteiger partial charge >= 0.3 is 0 Å². The van der Waals surface area contributed by atoms with Crippen LogP contribution in [0.25, 0.3) is 0 Å². The molecule has 3 heteroatoms. The Kier molecular flexibility index (Phi) is 2.50. The molecule has 0 bridgehead atoms. The molecule has 0 aliphatic heterocycles. The first-order valence-electron chi connectivity index (χ1n) is 4.75. The van der Waals surface area contributed by atoms with E-state index in [9.17, 15) is 9.50 Å². The van der Waals surface area contributed by atoms with Crippen LogP contribution in [-0.2, 0) is 6.42 Å².